The molecule has 1 aliphatic carbocycles. The summed E-state index contributed by atoms with van der Waals surface area (Å²) in [6.45, 7) is 2.11. The number of anilines is 1. The van der Waals surface area contributed by atoms with E-state index in [4.69, 9.17) is 0 Å². The van der Waals surface area contributed by atoms with Gasteiger partial charge in [0.15, 0.2) is 0 Å². The van der Waals surface area contributed by atoms with Crippen molar-refractivity contribution >= 4 is 11.4 Å². The number of nitro benzene ring substituents is 1. The SMILES string of the molecule is Cc1cccc2c1N[C@H](c1cccc([N+](=O)[O-])c1)C1CC=CC21. The minimum Gasteiger partial charge on any atom is -0.377 e. The number of fused-ring (bicyclic) bond motifs is 3. The van der Waals surface area contributed by atoms with Crippen molar-refractivity contribution < 1.29 is 4.92 Å². The van der Waals surface area contributed by atoms with Gasteiger partial charge in [0.1, 0.15) is 0 Å². The van der Waals surface area contributed by atoms with Gasteiger partial charge in [0.05, 0.1) is 11.0 Å². The summed E-state index contributed by atoms with van der Waals surface area (Å²) in [6.07, 6.45) is 5.52. The summed E-state index contributed by atoms with van der Waals surface area (Å²) >= 11 is 0. The average Bonchev–Trinajstić information content (AvgIpc) is 3.04. The van der Waals surface area contributed by atoms with Gasteiger partial charge < -0.3 is 5.32 Å². The molecule has 0 bridgehead atoms. The Morgan fingerprint density at radius 3 is 2.87 bits per heavy atom. The zero-order chi connectivity index (χ0) is 16.0. The van der Waals surface area contributed by atoms with Crippen LogP contribution in [0.3, 0.4) is 0 Å². The number of allylic oxidation sites excluding steroid dienone is 2. The quantitative estimate of drug-likeness (QED) is 0.496. The summed E-state index contributed by atoms with van der Waals surface area (Å²) in [7, 11) is 0. The monoisotopic (exact) mass is 306 g/mol. The van der Waals surface area contributed by atoms with E-state index in [1.54, 1.807) is 18.2 Å². The van der Waals surface area contributed by atoms with Crippen molar-refractivity contribution in [2.24, 2.45) is 5.92 Å². The lowest BCUT2D eigenvalue weighted by Gasteiger charge is -2.38. The molecule has 23 heavy (non-hydrogen) atoms. The summed E-state index contributed by atoms with van der Waals surface area (Å²) in [5.41, 5.74) is 4.88. The van der Waals surface area contributed by atoms with Gasteiger partial charge in [0.25, 0.3) is 5.69 Å². The van der Waals surface area contributed by atoms with Gasteiger partial charge in [0.2, 0.25) is 0 Å². The van der Waals surface area contributed by atoms with Gasteiger partial charge in [-0.3, -0.25) is 10.1 Å². The highest BCUT2D eigenvalue weighted by molar-refractivity contribution is 5.64. The van der Waals surface area contributed by atoms with Crippen LogP contribution in [0.15, 0.2) is 54.6 Å². The van der Waals surface area contributed by atoms with E-state index in [2.05, 4.69) is 42.6 Å². The maximum Gasteiger partial charge on any atom is 0.269 e. The molecule has 2 aromatic carbocycles. The Bertz CT molecular complexity index is 813. The Kier molecular flexibility index (Phi) is 3.18. The molecule has 0 aromatic heterocycles. The molecule has 4 rings (SSSR count). The third-order valence-electron chi connectivity index (χ3n) is 5.05. The molecule has 0 saturated heterocycles. The molecule has 2 aliphatic rings. The standard InChI is InChI=1S/C19H18N2O2/c1-12-5-2-9-16-15-8-4-10-17(15)19(20-18(12)16)13-6-3-7-14(11-13)21(22)23/h2-9,11,15,17,19-20H,10H2,1H3/t15?,17?,19-/m1/s1. The van der Waals surface area contributed by atoms with E-state index >= 15 is 0 Å². The molecule has 3 atom stereocenters. The Morgan fingerprint density at radius 2 is 2.04 bits per heavy atom. The first kappa shape index (κ1) is 14.0. The highest BCUT2D eigenvalue weighted by Gasteiger charge is 2.38. The third-order valence-corrected chi connectivity index (χ3v) is 5.05. The van der Waals surface area contributed by atoms with E-state index in [0.29, 0.717) is 11.8 Å². The normalized spacial score (nSPS) is 24.7. The van der Waals surface area contributed by atoms with E-state index in [1.807, 2.05) is 6.07 Å². The molecule has 1 heterocycles. The zero-order valence-corrected chi connectivity index (χ0v) is 12.9. The molecule has 4 nitrogen and oxygen atoms in total. The first-order valence-corrected chi connectivity index (χ1v) is 7.92. The van der Waals surface area contributed by atoms with Crippen LogP contribution in [0.1, 0.15) is 35.1 Å². The van der Waals surface area contributed by atoms with E-state index < -0.39 is 0 Å². The number of para-hydroxylation sites is 1. The van der Waals surface area contributed by atoms with Crippen LogP contribution in [0.2, 0.25) is 0 Å². The van der Waals surface area contributed by atoms with Crippen LogP contribution in [0.5, 0.6) is 0 Å². The average molecular weight is 306 g/mol. The van der Waals surface area contributed by atoms with E-state index in [-0.39, 0.29) is 16.7 Å². The van der Waals surface area contributed by atoms with Crippen LogP contribution in [-0.2, 0) is 0 Å². The maximum atomic E-state index is 11.1. The number of nitro groups is 1. The van der Waals surface area contributed by atoms with Crippen LogP contribution in [-0.4, -0.2) is 4.92 Å². The summed E-state index contributed by atoms with van der Waals surface area (Å²) in [5.74, 6) is 0.793. The van der Waals surface area contributed by atoms with Crippen LogP contribution in [0.4, 0.5) is 11.4 Å². The summed E-state index contributed by atoms with van der Waals surface area (Å²) < 4.78 is 0. The number of hydrogen-bond donors (Lipinski definition) is 1. The number of aryl methyl sites for hydroxylation is 1. The zero-order valence-electron chi connectivity index (χ0n) is 12.9. The molecule has 0 saturated carbocycles. The molecule has 116 valence electrons. The largest absolute Gasteiger partial charge is 0.377 e. The lowest BCUT2D eigenvalue weighted by atomic mass is 9.76. The summed E-state index contributed by atoms with van der Waals surface area (Å²) in [6, 6.07) is 13.5. The van der Waals surface area contributed by atoms with Gasteiger partial charge in [-0.05, 0) is 36.0 Å². The van der Waals surface area contributed by atoms with Crippen LogP contribution in [0, 0.1) is 23.0 Å². The second-order valence-electron chi connectivity index (χ2n) is 6.37. The number of benzene rings is 2. The molecule has 1 aliphatic heterocycles. The number of non-ortho nitro benzene ring substituents is 1. The fraction of sp³-hybridized carbons (Fsp3) is 0.263. The van der Waals surface area contributed by atoms with Gasteiger partial charge in [-0.15, -0.1) is 0 Å². The molecular weight excluding hydrogens is 288 g/mol. The van der Waals surface area contributed by atoms with Crippen molar-refractivity contribution in [1.29, 1.82) is 0 Å². The number of nitrogens with one attached hydrogen (secondary N) is 1. The highest BCUT2D eigenvalue weighted by Crippen LogP contribution is 2.50. The smallest absolute Gasteiger partial charge is 0.269 e. The van der Waals surface area contributed by atoms with Crippen molar-refractivity contribution in [2.45, 2.75) is 25.3 Å². The predicted octanol–water partition coefficient (Wildman–Crippen LogP) is 4.73. The summed E-state index contributed by atoms with van der Waals surface area (Å²) in [5, 5.41) is 14.7. The van der Waals surface area contributed by atoms with Gasteiger partial charge in [-0.2, -0.15) is 0 Å². The van der Waals surface area contributed by atoms with Crippen molar-refractivity contribution in [2.75, 3.05) is 5.32 Å². The van der Waals surface area contributed by atoms with Crippen molar-refractivity contribution in [3.05, 3.63) is 81.4 Å². The van der Waals surface area contributed by atoms with Gasteiger partial charge >= 0.3 is 0 Å². The molecule has 2 aromatic rings. The van der Waals surface area contributed by atoms with E-state index in [0.717, 1.165) is 12.0 Å². The number of nitrogens with zero attached hydrogens (tertiary/aromatic N) is 1. The Hall–Kier alpha value is -2.62. The second-order valence-corrected chi connectivity index (χ2v) is 6.37. The van der Waals surface area contributed by atoms with Crippen molar-refractivity contribution in [3.63, 3.8) is 0 Å². The molecule has 0 radical (unpaired) electrons. The van der Waals surface area contributed by atoms with E-state index in [9.17, 15) is 10.1 Å². The lowest BCUT2D eigenvalue weighted by Crippen LogP contribution is -2.29. The maximum absolute atomic E-state index is 11.1. The van der Waals surface area contributed by atoms with Gasteiger partial charge in [0, 0.05) is 23.7 Å². The number of hydrogen-bond acceptors (Lipinski definition) is 3. The molecule has 0 amide bonds. The van der Waals surface area contributed by atoms with Crippen LogP contribution in [0.25, 0.3) is 0 Å². The molecule has 0 spiro atoms. The third kappa shape index (κ3) is 2.22. The molecule has 1 N–H and O–H groups in total. The van der Waals surface area contributed by atoms with Crippen LogP contribution < -0.4 is 5.32 Å². The molecule has 4 heteroatoms. The Labute approximate surface area is 135 Å². The summed E-state index contributed by atoms with van der Waals surface area (Å²) in [4.78, 5) is 10.8. The van der Waals surface area contributed by atoms with Crippen molar-refractivity contribution in [1.82, 2.24) is 0 Å². The first-order valence-electron chi connectivity index (χ1n) is 7.92. The minimum atomic E-state index is -0.324. The fourth-order valence-corrected chi connectivity index (χ4v) is 3.94. The number of rotatable bonds is 2. The first-order chi connectivity index (χ1) is 11.1. The minimum absolute atomic E-state index is 0.100. The fourth-order valence-electron chi connectivity index (χ4n) is 3.94. The molecular formula is C19H18N2O2. The van der Waals surface area contributed by atoms with Gasteiger partial charge in [-0.25, -0.2) is 0 Å². The van der Waals surface area contributed by atoms with E-state index in [1.165, 1.54) is 16.8 Å². The molecule has 2 unspecified atom stereocenters. The Balaban J connectivity index is 1.80. The highest BCUT2D eigenvalue weighted by atomic mass is 16.6. The molecule has 0 fully saturated rings. The Morgan fingerprint density at radius 1 is 1.22 bits per heavy atom. The van der Waals surface area contributed by atoms with Crippen LogP contribution >= 0.6 is 0 Å². The topological polar surface area (TPSA) is 55.2 Å². The van der Waals surface area contributed by atoms with Crippen molar-refractivity contribution in [3.8, 4) is 0 Å². The lowest BCUT2D eigenvalue weighted by molar-refractivity contribution is -0.384. The predicted molar refractivity (Wildman–Crippen MR) is 90.6 cm³/mol. The van der Waals surface area contributed by atoms with Gasteiger partial charge in [-0.1, -0.05) is 42.5 Å². The second kappa shape index (κ2) is 5.23.